The summed E-state index contributed by atoms with van der Waals surface area (Å²) in [6, 6.07) is -0.178. The monoisotopic (exact) mass is 251 g/mol. The minimum atomic E-state index is -0.178. The van der Waals surface area contributed by atoms with Gasteiger partial charge in [0, 0.05) is 6.54 Å². The predicted molar refractivity (Wildman–Crippen MR) is 67.9 cm³/mol. The van der Waals surface area contributed by atoms with E-state index in [2.05, 4.69) is 22.2 Å². The van der Waals surface area contributed by atoms with Gasteiger partial charge in [-0.2, -0.15) is 0 Å². The molecule has 0 radical (unpaired) electrons. The maximum absolute atomic E-state index is 6.28. The van der Waals surface area contributed by atoms with Crippen LogP contribution in [0.25, 0.3) is 0 Å². The molecule has 0 aliphatic carbocycles. The Labute approximate surface area is 105 Å². The average Bonchev–Trinajstić information content (AvgIpc) is 2.85. The molecule has 0 fully saturated rings. The highest BCUT2D eigenvalue weighted by molar-refractivity contribution is 7.11. The zero-order chi connectivity index (χ0) is 12.4. The van der Waals surface area contributed by atoms with Crippen molar-refractivity contribution < 1.29 is 0 Å². The Kier molecular flexibility index (Phi) is 3.54. The molecule has 0 saturated carbocycles. The van der Waals surface area contributed by atoms with Gasteiger partial charge < -0.3 is 5.73 Å². The maximum Gasteiger partial charge on any atom is 0.0900 e. The van der Waals surface area contributed by atoms with Crippen molar-refractivity contribution in [3.05, 3.63) is 27.5 Å². The van der Waals surface area contributed by atoms with Crippen LogP contribution in [0.5, 0.6) is 0 Å². The Morgan fingerprint density at radius 3 is 2.82 bits per heavy atom. The van der Waals surface area contributed by atoms with Crippen molar-refractivity contribution in [2.45, 2.75) is 39.8 Å². The second-order valence-electron chi connectivity index (χ2n) is 4.04. The fourth-order valence-corrected chi connectivity index (χ4v) is 2.80. The summed E-state index contributed by atoms with van der Waals surface area (Å²) >= 11 is 1.64. The van der Waals surface area contributed by atoms with E-state index in [0.29, 0.717) is 0 Å². The van der Waals surface area contributed by atoms with Gasteiger partial charge in [-0.3, -0.25) is 0 Å². The Hall–Kier alpha value is -1.27. The molecule has 1 atom stereocenters. The zero-order valence-electron chi connectivity index (χ0n) is 10.3. The van der Waals surface area contributed by atoms with Gasteiger partial charge in [-0.05, 0) is 20.3 Å². The van der Waals surface area contributed by atoms with Crippen molar-refractivity contribution in [3.63, 3.8) is 0 Å². The van der Waals surface area contributed by atoms with Gasteiger partial charge in [-0.15, -0.1) is 16.4 Å². The van der Waals surface area contributed by atoms with E-state index in [1.807, 2.05) is 18.5 Å². The van der Waals surface area contributed by atoms with Crippen molar-refractivity contribution in [2.24, 2.45) is 5.73 Å². The van der Waals surface area contributed by atoms with Crippen LogP contribution < -0.4 is 5.73 Å². The quantitative estimate of drug-likeness (QED) is 0.899. The molecule has 0 aromatic carbocycles. The summed E-state index contributed by atoms with van der Waals surface area (Å²) in [6.07, 6.45) is 2.76. The highest BCUT2D eigenvalue weighted by Crippen LogP contribution is 2.27. The predicted octanol–water partition coefficient (Wildman–Crippen LogP) is 1.81. The van der Waals surface area contributed by atoms with Crippen molar-refractivity contribution >= 4 is 11.3 Å². The molecule has 2 heterocycles. The van der Waals surface area contributed by atoms with Crippen LogP contribution in [0.4, 0.5) is 0 Å². The molecule has 0 amide bonds. The molecular weight excluding hydrogens is 234 g/mol. The first-order valence-corrected chi connectivity index (χ1v) is 6.53. The topological polar surface area (TPSA) is 69.6 Å². The molecular formula is C11H17N5S. The van der Waals surface area contributed by atoms with Crippen LogP contribution in [-0.4, -0.2) is 20.0 Å². The molecule has 2 N–H and O–H groups in total. The molecule has 2 aromatic heterocycles. The van der Waals surface area contributed by atoms with Gasteiger partial charge in [-0.25, -0.2) is 9.67 Å². The number of hydrogen-bond acceptors (Lipinski definition) is 5. The van der Waals surface area contributed by atoms with Crippen molar-refractivity contribution in [2.75, 3.05) is 0 Å². The number of hydrogen-bond donors (Lipinski definition) is 1. The van der Waals surface area contributed by atoms with Gasteiger partial charge >= 0.3 is 0 Å². The van der Waals surface area contributed by atoms with Gasteiger partial charge in [0.2, 0.25) is 0 Å². The largest absolute Gasteiger partial charge is 0.318 e. The van der Waals surface area contributed by atoms with Crippen molar-refractivity contribution in [1.29, 1.82) is 0 Å². The summed E-state index contributed by atoms with van der Waals surface area (Å²) in [7, 11) is 0. The van der Waals surface area contributed by atoms with E-state index in [0.717, 1.165) is 34.2 Å². The highest BCUT2D eigenvalue weighted by Gasteiger charge is 2.19. The lowest BCUT2D eigenvalue weighted by atomic mass is 10.1. The molecule has 6 heteroatoms. The van der Waals surface area contributed by atoms with Crippen LogP contribution >= 0.6 is 11.3 Å². The first-order chi connectivity index (χ1) is 8.13. The molecule has 2 aromatic rings. The van der Waals surface area contributed by atoms with Crippen molar-refractivity contribution in [1.82, 2.24) is 20.0 Å². The first kappa shape index (κ1) is 12.2. The molecule has 92 valence electrons. The fourth-order valence-electron chi connectivity index (χ4n) is 1.86. The third-order valence-electron chi connectivity index (χ3n) is 2.62. The summed E-state index contributed by atoms with van der Waals surface area (Å²) in [4.78, 5) is 5.51. The van der Waals surface area contributed by atoms with Crippen LogP contribution in [0.3, 0.4) is 0 Å². The third kappa shape index (κ3) is 2.37. The molecule has 0 bridgehead atoms. The van der Waals surface area contributed by atoms with Gasteiger partial charge in [0.1, 0.15) is 0 Å². The van der Waals surface area contributed by atoms with Crippen LogP contribution in [0.1, 0.15) is 40.7 Å². The first-order valence-electron chi connectivity index (χ1n) is 5.71. The lowest BCUT2D eigenvalue weighted by Gasteiger charge is -2.11. The van der Waals surface area contributed by atoms with E-state index in [1.54, 1.807) is 17.5 Å². The van der Waals surface area contributed by atoms with Gasteiger partial charge in [0.05, 0.1) is 33.5 Å². The summed E-state index contributed by atoms with van der Waals surface area (Å²) in [6.45, 7) is 6.95. The molecule has 0 saturated heterocycles. The Morgan fingerprint density at radius 1 is 1.47 bits per heavy atom. The van der Waals surface area contributed by atoms with Gasteiger partial charge in [-0.1, -0.05) is 12.1 Å². The number of thiazole rings is 1. The number of aryl methyl sites for hydroxylation is 3. The molecule has 2 rings (SSSR count). The molecule has 17 heavy (non-hydrogen) atoms. The minimum Gasteiger partial charge on any atom is -0.318 e. The minimum absolute atomic E-state index is 0.178. The zero-order valence-corrected chi connectivity index (χ0v) is 11.2. The van der Waals surface area contributed by atoms with E-state index >= 15 is 0 Å². The number of nitrogens with zero attached hydrogens (tertiary/aromatic N) is 4. The summed E-state index contributed by atoms with van der Waals surface area (Å²) in [5.74, 6) is 0. The van der Waals surface area contributed by atoms with Gasteiger partial charge in [0.25, 0.3) is 0 Å². The van der Waals surface area contributed by atoms with Crippen molar-refractivity contribution in [3.8, 4) is 0 Å². The second kappa shape index (κ2) is 4.93. The van der Waals surface area contributed by atoms with Crippen LogP contribution in [0, 0.1) is 13.8 Å². The lowest BCUT2D eigenvalue weighted by Crippen LogP contribution is -2.17. The van der Waals surface area contributed by atoms with Gasteiger partial charge in [0.15, 0.2) is 0 Å². The maximum atomic E-state index is 6.28. The molecule has 0 aliphatic rings. The summed E-state index contributed by atoms with van der Waals surface area (Å²) in [5, 5.41) is 9.04. The fraction of sp³-hybridized carbons (Fsp3) is 0.545. The van der Waals surface area contributed by atoms with Crippen LogP contribution in [0.2, 0.25) is 0 Å². The van der Waals surface area contributed by atoms with E-state index in [9.17, 15) is 0 Å². The average molecular weight is 251 g/mol. The van der Waals surface area contributed by atoms with E-state index in [4.69, 9.17) is 5.73 Å². The molecule has 0 aliphatic heterocycles. The summed E-state index contributed by atoms with van der Waals surface area (Å²) in [5.41, 5.74) is 8.24. The highest BCUT2D eigenvalue weighted by atomic mass is 32.1. The number of rotatable bonds is 4. The van der Waals surface area contributed by atoms with E-state index < -0.39 is 0 Å². The Bertz CT molecular complexity index is 502. The normalized spacial score (nSPS) is 12.9. The number of aromatic nitrogens is 4. The molecule has 0 spiro atoms. The summed E-state index contributed by atoms with van der Waals surface area (Å²) < 4.78 is 1.87. The second-order valence-corrected chi connectivity index (χ2v) is 5.28. The standard InChI is InChI=1S/C11H17N5S/c1-4-5-16-9(6-13-15-16)10(12)11-7(2)14-8(3)17-11/h6,10H,4-5,12H2,1-3H3. The SMILES string of the molecule is CCCn1nncc1C(N)c1sc(C)nc1C. The molecule has 5 nitrogen and oxygen atoms in total. The Balaban J connectivity index is 2.33. The van der Waals surface area contributed by atoms with Crippen LogP contribution in [-0.2, 0) is 6.54 Å². The third-order valence-corrected chi connectivity index (χ3v) is 3.78. The van der Waals surface area contributed by atoms with E-state index in [-0.39, 0.29) is 6.04 Å². The van der Waals surface area contributed by atoms with Crippen LogP contribution in [0.15, 0.2) is 6.20 Å². The molecule has 1 unspecified atom stereocenters. The Morgan fingerprint density at radius 2 is 2.24 bits per heavy atom. The lowest BCUT2D eigenvalue weighted by molar-refractivity contribution is 0.544. The van der Waals surface area contributed by atoms with E-state index in [1.165, 1.54) is 0 Å². The smallest absolute Gasteiger partial charge is 0.0900 e. The number of nitrogens with two attached hydrogens (primary N) is 1.